The van der Waals surface area contributed by atoms with Crippen molar-refractivity contribution in [1.29, 1.82) is 0 Å². The van der Waals surface area contributed by atoms with Gasteiger partial charge in [0.15, 0.2) is 0 Å². The van der Waals surface area contributed by atoms with Gasteiger partial charge < -0.3 is 19.5 Å². The second-order valence-corrected chi connectivity index (χ2v) is 5.63. The lowest BCUT2D eigenvalue weighted by Crippen LogP contribution is -2.46. The number of hydrogen-bond acceptors (Lipinski definition) is 3. The molecule has 1 aromatic carbocycles. The Labute approximate surface area is 133 Å². The minimum absolute atomic E-state index is 0.189. The molecule has 2 rings (SSSR count). The zero-order valence-corrected chi connectivity index (χ0v) is 13.2. The molecular formula is C14H17Cl2NO4. The standard InChI is InChI=1S/C14H17Cl2NO4/c1-2-21-14(10-3-4-11(15)12(16)7-10)8-17(13(18)19)5-6-20-9-14/h3-4,7H,2,5-6,8-9H2,1H3,(H,18,19)/t14-/m0/s1. The lowest BCUT2D eigenvalue weighted by Gasteiger charge is -2.35. The fraction of sp³-hybridized carbons (Fsp3) is 0.500. The number of amides is 1. The summed E-state index contributed by atoms with van der Waals surface area (Å²) in [7, 11) is 0. The van der Waals surface area contributed by atoms with E-state index < -0.39 is 11.7 Å². The molecule has 21 heavy (non-hydrogen) atoms. The molecule has 5 nitrogen and oxygen atoms in total. The van der Waals surface area contributed by atoms with E-state index >= 15 is 0 Å². The third-order valence-electron chi connectivity index (χ3n) is 3.42. The van der Waals surface area contributed by atoms with E-state index in [1.165, 1.54) is 4.90 Å². The predicted molar refractivity (Wildman–Crippen MR) is 80.2 cm³/mol. The van der Waals surface area contributed by atoms with Gasteiger partial charge in [-0.2, -0.15) is 0 Å². The smallest absolute Gasteiger partial charge is 0.407 e. The zero-order chi connectivity index (χ0) is 15.5. The summed E-state index contributed by atoms with van der Waals surface area (Å²) in [4.78, 5) is 12.6. The summed E-state index contributed by atoms with van der Waals surface area (Å²) in [5.41, 5.74) is -0.121. The number of carboxylic acid groups (broad SMARTS) is 1. The van der Waals surface area contributed by atoms with Crippen LogP contribution in [0.4, 0.5) is 4.79 Å². The van der Waals surface area contributed by atoms with Gasteiger partial charge >= 0.3 is 6.09 Å². The molecule has 1 atom stereocenters. The third-order valence-corrected chi connectivity index (χ3v) is 4.16. The highest BCUT2D eigenvalue weighted by molar-refractivity contribution is 6.42. The van der Waals surface area contributed by atoms with Crippen molar-refractivity contribution in [1.82, 2.24) is 4.90 Å². The number of ether oxygens (including phenoxy) is 2. The van der Waals surface area contributed by atoms with Gasteiger partial charge in [-0.1, -0.05) is 29.3 Å². The Balaban J connectivity index is 2.41. The van der Waals surface area contributed by atoms with Crippen molar-refractivity contribution in [2.75, 3.05) is 32.9 Å². The lowest BCUT2D eigenvalue weighted by molar-refractivity contribution is -0.0926. The summed E-state index contributed by atoms with van der Waals surface area (Å²) in [6, 6.07) is 5.17. The van der Waals surface area contributed by atoms with E-state index in [1.807, 2.05) is 6.92 Å². The second kappa shape index (κ2) is 6.83. The lowest BCUT2D eigenvalue weighted by atomic mass is 9.93. The molecule has 7 heteroatoms. The van der Waals surface area contributed by atoms with Crippen LogP contribution in [0.3, 0.4) is 0 Å². The Morgan fingerprint density at radius 3 is 2.86 bits per heavy atom. The molecule has 1 heterocycles. The van der Waals surface area contributed by atoms with Gasteiger partial charge in [-0.3, -0.25) is 0 Å². The first kappa shape index (κ1) is 16.4. The van der Waals surface area contributed by atoms with Crippen LogP contribution in [-0.2, 0) is 15.1 Å². The number of halogens is 2. The Morgan fingerprint density at radius 2 is 2.24 bits per heavy atom. The average Bonchev–Trinajstić information content (AvgIpc) is 2.66. The molecule has 1 aliphatic heterocycles. The Hall–Kier alpha value is -1.01. The Morgan fingerprint density at radius 1 is 1.48 bits per heavy atom. The van der Waals surface area contributed by atoms with Gasteiger partial charge in [0.05, 0.1) is 29.8 Å². The van der Waals surface area contributed by atoms with Crippen molar-refractivity contribution in [2.24, 2.45) is 0 Å². The first-order valence-electron chi connectivity index (χ1n) is 6.63. The molecule has 0 saturated carbocycles. The van der Waals surface area contributed by atoms with Gasteiger partial charge in [0.1, 0.15) is 5.60 Å². The van der Waals surface area contributed by atoms with Crippen LogP contribution in [0.2, 0.25) is 10.0 Å². The topological polar surface area (TPSA) is 59.0 Å². The zero-order valence-electron chi connectivity index (χ0n) is 11.6. The molecule has 0 aromatic heterocycles. The summed E-state index contributed by atoms with van der Waals surface area (Å²) in [6.45, 7) is 3.39. The van der Waals surface area contributed by atoms with E-state index in [-0.39, 0.29) is 13.2 Å². The fourth-order valence-corrected chi connectivity index (χ4v) is 2.71. The molecule has 1 fully saturated rings. The Kier molecular flexibility index (Phi) is 5.32. The summed E-state index contributed by atoms with van der Waals surface area (Å²) in [5.74, 6) is 0. The van der Waals surface area contributed by atoms with Gasteiger partial charge in [0.25, 0.3) is 0 Å². The fourth-order valence-electron chi connectivity index (χ4n) is 2.41. The van der Waals surface area contributed by atoms with Gasteiger partial charge in [-0.15, -0.1) is 0 Å². The van der Waals surface area contributed by atoms with Crippen molar-refractivity contribution in [2.45, 2.75) is 12.5 Å². The van der Waals surface area contributed by atoms with Crippen LogP contribution in [0, 0.1) is 0 Å². The van der Waals surface area contributed by atoms with Crippen molar-refractivity contribution < 1.29 is 19.4 Å². The summed E-state index contributed by atoms with van der Waals surface area (Å²) in [6.07, 6.45) is -0.996. The molecule has 1 saturated heterocycles. The highest BCUT2D eigenvalue weighted by Crippen LogP contribution is 2.33. The normalized spacial score (nSPS) is 22.9. The highest BCUT2D eigenvalue weighted by Gasteiger charge is 2.39. The van der Waals surface area contributed by atoms with E-state index in [0.29, 0.717) is 29.8 Å². The molecule has 1 aliphatic rings. The first-order chi connectivity index (χ1) is 9.98. The Bertz CT molecular complexity index is 526. The minimum atomic E-state index is -0.996. The molecule has 0 unspecified atom stereocenters. The number of nitrogens with zero attached hydrogens (tertiary/aromatic N) is 1. The third kappa shape index (κ3) is 3.61. The van der Waals surface area contributed by atoms with Crippen LogP contribution in [0.5, 0.6) is 0 Å². The maximum Gasteiger partial charge on any atom is 0.407 e. The quantitative estimate of drug-likeness (QED) is 0.922. The van der Waals surface area contributed by atoms with Gasteiger partial charge in [-0.25, -0.2) is 4.79 Å². The molecule has 1 N–H and O–H groups in total. The van der Waals surface area contributed by atoms with Gasteiger partial charge in [-0.05, 0) is 24.6 Å². The molecule has 1 aromatic rings. The molecule has 0 spiro atoms. The molecular weight excluding hydrogens is 317 g/mol. The van der Waals surface area contributed by atoms with Crippen LogP contribution in [-0.4, -0.2) is 49.0 Å². The van der Waals surface area contributed by atoms with Crippen molar-refractivity contribution in [3.8, 4) is 0 Å². The van der Waals surface area contributed by atoms with Crippen molar-refractivity contribution in [3.63, 3.8) is 0 Å². The average molecular weight is 334 g/mol. The monoisotopic (exact) mass is 333 g/mol. The molecule has 0 aliphatic carbocycles. The van der Waals surface area contributed by atoms with Crippen LogP contribution >= 0.6 is 23.2 Å². The van der Waals surface area contributed by atoms with Gasteiger partial charge in [0.2, 0.25) is 0 Å². The summed E-state index contributed by atoms with van der Waals surface area (Å²) < 4.78 is 11.4. The van der Waals surface area contributed by atoms with E-state index in [9.17, 15) is 9.90 Å². The first-order valence-corrected chi connectivity index (χ1v) is 7.39. The van der Waals surface area contributed by atoms with E-state index in [0.717, 1.165) is 5.56 Å². The SMILES string of the molecule is CCO[C@]1(c2ccc(Cl)c(Cl)c2)COCCN(C(=O)O)C1. The maximum absolute atomic E-state index is 11.3. The molecule has 0 radical (unpaired) electrons. The van der Waals surface area contributed by atoms with Crippen LogP contribution in [0.1, 0.15) is 12.5 Å². The van der Waals surface area contributed by atoms with E-state index in [4.69, 9.17) is 32.7 Å². The number of rotatable bonds is 3. The van der Waals surface area contributed by atoms with Crippen molar-refractivity contribution in [3.05, 3.63) is 33.8 Å². The number of hydrogen-bond donors (Lipinski definition) is 1. The van der Waals surface area contributed by atoms with Crippen LogP contribution < -0.4 is 0 Å². The summed E-state index contributed by atoms with van der Waals surface area (Å²) in [5, 5.41) is 10.1. The number of benzene rings is 1. The summed E-state index contributed by atoms with van der Waals surface area (Å²) >= 11 is 12.0. The molecule has 116 valence electrons. The van der Waals surface area contributed by atoms with Crippen LogP contribution in [0.15, 0.2) is 18.2 Å². The largest absolute Gasteiger partial charge is 0.465 e. The second-order valence-electron chi connectivity index (χ2n) is 4.81. The molecule has 0 bridgehead atoms. The molecule has 1 amide bonds. The highest BCUT2D eigenvalue weighted by atomic mass is 35.5. The maximum atomic E-state index is 11.3. The van der Waals surface area contributed by atoms with Crippen molar-refractivity contribution >= 4 is 29.3 Å². The predicted octanol–water partition coefficient (Wildman–Crippen LogP) is 3.24. The minimum Gasteiger partial charge on any atom is -0.465 e. The number of carbonyl (C=O) groups is 1. The van der Waals surface area contributed by atoms with Gasteiger partial charge in [0, 0.05) is 13.2 Å². The van der Waals surface area contributed by atoms with Crippen LogP contribution in [0.25, 0.3) is 0 Å². The van der Waals surface area contributed by atoms with E-state index in [1.54, 1.807) is 18.2 Å². The van der Waals surface area contributed by atoms with E-state index in [2.05, 4.69) is 0 Å².